The summed E-state index contributed by atoms with van der Waals surface area (Å²) in [6.45, 7) is 5.90. The van der Waals surface area contributed by atoms with E-state index in [9.17, 15) is 0 Å². The van der Waals surface area contributed by atoms with Crippen LogP contribution in [0, 0.1) is 5.41 Å². The zero-order chi connectivity index (χ0) is 12.6. The van der Waals surface area contributed by atoms with Crippen molar-refractivity contribution in [3.8, 4) is 0 Å². The Kier molecular flexibility index (Phi) is 3.26. The van der Waals surface area contributed by atoms with Gasteiger partial charge in [-0.05, 0) is 50.0 Å². The fraction of sp³-hybridized carbons (Fsp3) is 0.692. The van der Waals surface area contributed by atoms with Crippen LogP contribution in [0.2, 0.25) is 5.28 Å². The van der Waals surface area contributed by atoms with Crippen molar-refractivity contribution >= 4 is 11.6 Å². The third-order valence-corrected chi connectivity index (χ3v) is 4.44. The van der Waals surface area contributed by atoms with Crippen molar-refractivity contribution in [2.24, 2.45) is 5.41 Å². The molecular formula is C13H19ClN4. The lowest BCUT2D eigenvalue weighted by atomic mass is 9.72. The van der Waals surface area contributed by atoms with Crippen molar-refractivity contribution < 1.29 is 0 Å². The van der Waals surface area contributed by atoms with E-state index in [0.717, 1.165) is 12.1 Å². The average molecular weight is 267 g/mol. The van der Waals surface area contributed by atoms with Gasteiger partial charge in [-0.3, -0.25) is 4.90 Å². The van der Waals surface area contributed by atoms with Crippen molar-refractivity contribution in [3.05, 3.63) is 23.2 Å². The first-order valence-electron chi connectivity index (χ1n) is 6.53. The molecule has 0 N–H and O–H groups in total. The second-order valence-corrected chi connectivity index (χ2v) is 6.15. The first-order valence-corrected chi connectivity index (χ1v) is 6.90. The molecule has 5 heteroatoms. The molecule has 18 heavy (non-hydrogen) atoms. The molecule has 0 aromatic carbocycles. The van der Waals surface area contributed by atoms with Crippen molar-refractivity contribution in [3.63, 3.8) is 0 Å². The highest BCUT2D eigenvalue weighted by molar-refractivity contribution is 6.28. The van der Waals surface area contributed by atoms with Crippen LogP contribution in [0.15, 0.2) is 12.4 Å². The quantitative estimate of drug-likeness (QED) is 0.762. The van der Waals surface area contributed by atoms with Crippen LogP contribution in [0.25, 0.3) is 0 Å². The molecule has 98 valence electrons. The average Bonchev–Trinajstić information content (AvgIpc) is 2.33. The lowest BCUT2D eigenvalue weighted by Crippen LogP contribution is -2.59. The van der Waals surface area contributed by atoms with E-state index in [4.69, 9.17) is 11.6 Å². The first kappa shape index (κ1) is 12.3. The first-order chi connectivity index (χ1) is 8.65. The highest BCUT2D eigenvalue weighted by atomic mass is 35.5. The minimum atomic E-state index is 0.328. The number of hydrogen-bond donors (Lipinski definition) is 0. The van der Waals surface area contributed by atoms with E-state index in [1.165, 1.54) is 39.0 Å². The van der Waals surface area contributed by atoms with Gasteiger partial charge in [0.05, 0.1) is 0 Å². The smallest absolute Gasteiger partial charge is 0.222 e. The molecule has 1 aromatic rings. The summed E-state index contributed by atoms with van der Waals surface area (Å²) in [5, 5.41) is 0.328. The van der Waals surface area contributed by atoms with E-state index in [-0.39, 0.29) is 0 Å². The Balaban J connectivity index is 1.52. The molecule has 0 aliphatic carbocycles. The third-order valence-electron chi connectivity index (χ3n) is 4.25. The maximum absolute atomic E-state index is 5.69. The molecule has 0 unspecified atom stereocenters. The van der Waals surface area contributed by atoms with Gasteiger partial charge in [-0.2, -0.15) is 0 Å². The number of aromatic nitrogens is 2. The maximum atomic E-state index is 5.69. The molecule has 2 aliphatic heterocycles. The summed E-state index contributed by atoms with van der Waals surface area (Å²) in [5.41, 5.74) is 1.75. The van der Waals surface area contributed by atoms with Crippen LogP contribution in [-0.2, 0) is 6.54 Å². The van der Waals surface area contributed by atoms with Crippen LogP contribution in [0.5, 0.6) is 0 Å². The van der Waals surface area contributed by atoms with Crippen molar-refractivity contribution in [2.45, 2.75) is 19.4 Å². The van der Waals surface area contributed by atoms with Gasteiger partial charge in [0.25, 0.3) is 0 Å². The van der Waals surface area contributed by atoms with Crippen LogP contribution in [0.3, 0.4) is 0 Å². The topological polar surface area (TPSA) is 32.3 Å². The van der Waals surface area contributed by atoms with Crippen LogP contribution >= 0.6 is 11.6 Å². The molecule has 0 radical (unpaired) electrons. The highest BCUT2D eigenvalue weighted by Crippen LogP contribution is 2.40. The number of nitrogens with zero attached hydrogens (tertiary/aromatic N) is 4. The summed E-state index contributed by atoms with van der Waals surface area (Å²) in [6, 6.07) is 0. The Morgan fingerprint density at radius 1 is 1.22 bits per heavy atom. The molecule has 2 saturated heterocycles. The number of halogens is 1. The number of rotatable bonds is 2. The molecule has 2 fully saturated rings. The SMILES string of the molecule is CN1CCC2(CC1)CN(Cc1cnc(Cl)nc1)C2. The van der Waals surface area contributed by atoms with Crippen LogP contribution in [0.1, 0.15) is 18.4 Å². The molecule has 2 aliphatic rings. The van der Waals surface area contributed by atoms with Crippen LogP contribution in [-0.4, -0.2) is 53.0 Å². The van der Waals surface area contributed by atoms with Crippen molar-refractivity contribution in [2.75, 3.05) is 33.2 Å². The normalized spacial score (nSPS) is 24.1. The zero-order valence-corrected chi connectivity index (χ0v) is 11.5. The van der Waals surface area contributed by atoms with Gasteiger partial charge in [0.2, 0.25) is 5.28 Å². The molecule has 0 bridgehead atoms. The molecule has 0 amide bonds. The molecule has 3 heterocycles. The summed E-state index contributed by atoms with van der Waals surface area (Å²) in [6.07, 6.45) is 6.35. The lowest BCUT2D eigenvalue weighted by molar-refractivity contribution is -0.0471. The second kappa shape index (κ2) is 4.76. The minimum Gasteiger partial charge on any atom is -0.306 e. The van der Waals surface area contributed by atoms with E-state index in [1.54, 1.807) is 0 Å². The van der Waals surface area contributed by atoms with E-state index < -0.39 is 0 Å². The Morgan fingerprint density at radius 2 is 1.83 bits per heavy atom. The van der Waals surface area contributed by atoms with Crippen LogP contribution < -0.4 is 0 Å². The van der Waals surface area contributed by atoms with Gasteiger partial charge in [-0.15, -0.1) is 0 Å². The summed E-state index contributed by atoms with van der Waals surface area (Å²) >= 11 is 5.69. The zero-order valence-electron chi connectivity index (χ0n) is 10.8. The van der Waals surface area contributed by atoms with Crippen molar-refractivity contribution in [1.82, 2.24) is 19.8 Å². The Morgan fingerprint density at radius 3 is 2.44 bits per heavy atom. The summed E-state index contributed by atoms with van der Waals surface area (Å²) in [4.78, 5) is 13.0. The Hall–Kier alpha value is -0.710. The lowest BCUT2D eigenvalue weighted by Gasteiger charge is -2.53. The monoisotopic (exact) mass is 266 g/mol. The maximum Gasteiger partial charge on any atom is 0.222 e. The fourth-order valence-electron chi connectivity index (χ4n) is 3.10. The second-order valence-electron chi connectivity index (χ2n) is 5.81. The van der Waals surface area contributed by atoms with E-state index in [1.807, 2.05) is 12.4 Å². The number of piperidine rings is 1. The summed E-state index contributed by atoms with van der Waals surface area (Å²) < 4.78 is 0. The predicted molar refractivity (Wildman–Crippen MR) is 71.5 cm³/mol. The Labute approximate surface area is 113 Å². The standard InChI is InChI=1S/C13H19ClN4/c1-17-4-2-13(3-5-17)9-18(10-13)8-11-6-15-12(14)16-7-11/h6-7H,2-5,8-10H2,1H3. The molecule has 0 atom stereocenters. The van der Waals surface area contributed by atoms with Gasteiger partial charge in [-0.25, -0.2) is 9.97 Å². The summed E-state index contributed by atoms with van der Waals surface area (Å²) in [5.74, 6) is 0. The van der Waals surface area contributed by atoms with Gasteiger partial charge < -0.3 is 4.90 Å². The number of likely N-dealkylation sites (tertiary alicyclic amines) is 2. The molecule has 0 saturated carbocycles. The largest absolute Gasteiger partial charge is 0.306 e. The minimum absolute atomic E-state index is 0.328. The van der Waals surface area contributed by atoms with Gasteiger partial charge in [0.1, 0.15) is 0 Å². The van der Waals surface area contributed by atoms with Crippen LogP contribution in [0.4, 0.5) is 0 Å². The third kappa shape index (κ3) is 2.51. The van der Waals surface area contributed by atoms with Gasteiger partial charge >= 0.3 is 0 Å². The van der Waals surface area contributed by atoms with Crippen molar-refractivity contribution in [1.29, 1.82) is 0 Å². The molecule has 1 aromatic heterocycles. The van der Waals surface area contributed by atoms with Gasteiger partial charge in [0, 0.05) is 37.6 Å². The molecule has 1 spiro atoms. The fourth-order valence-corrected chi connectivity index (χ4v) is 3.20. The molecule has 3 rings (SSSR count). The Bertz CT molecular complexity index is 404. The highest BCUT2D eigenvalue weighted by Gasteiger charge is 2.43. The predicted octanol–water partition coefficient (Wildman–Crippen LogP) is 1.66. The molecule has 4 nitrogen and oxygen atoms in total. The van der Waals surface area contributed by atoms with Gasteiger partial charge in [0.15, 0.2) is 0 Å². The number of hydrogen-bond acceptors (Lipinski definition) is 4. The molecular weight excluding hydrogens is 248 g/mol. The summed E-state index contributed by atoms with van der Waals surface area (Å²) in [7, 11) is 2.22. The van der Waals surface area contributed by atoms with E-state index >= 15 is 0 Å². The van der Waals surface area contributed by atoms with E-state index in [2.05, 4.69) is 26.8 Å². The van der Waals surface area contributed by atoms with E-state index in [0.29, 0.717) is 10.7 Å². The van der Waals surface area contributed by atoms with Gasteiger partial charge in [-0.1, -0.05) is 0 Å².